The van der Waals surface area contributed by atoms with Gasteiger partial charge in [-0.15, -0.1) is 0 Å². The fraction of sp³-hybridized carbons (Fsp3) is 0.409. The molecule has 2 aromatic carbocycles. The maximum absolute atomic E-state index is 12.3. The highest BCUT2D eigenvalue weighted by Crippen LogP contribution is 2.30. The first-order valence-corrected chi connectivity index (χ1v) is 9.56. The van der Waals surface area contributed by atoms with Crippen LogP contribution in [0.4, 0.5) is 10.5 Å². The van der Waals surface area contributed by atoms with Crippen molar-refractivity contribution in [3.8, 4) is 17.2 Å². The molecule has 0 aromatic heterocycles. The van der Waals surface area contributed by atoms with Crippen molar-refractivity contribution < 1.29 is 19.4 Å². The molecule has 0 fully saturated rings. The fourth-order valence-corrected chi connectivity index (χ4v) is 2.78. The summed E-state index contributed by atoms with van der Waals surface area (Å²) >= 11 is 0. The summed E-state index contributed by atoms with van der Waals surface area (Å²) in [7, 11) is 1.59. The van der Waals surface area contributed by atoms with Gasteiger partial charge in [-0.3, -0.25) is 0 Å². The van der Waals surface area contributed by atoms with Crippen molar-refractivity contribution in [3.63, 3.8) is 0 Å². The Hall–Kier alpha value is -2.89. The summed E-state index contributed by atoms with van der Waals surface area (Å²) in [6, 6.07) is 11.5. The van der Waals surface area contributed by atoms with Crippen LogP contribution in [0.3, 0.4) is 0 Å². The first-order chi connectivity index (χ1) is 13.4. The van der Waals surface area contributed by atoms with Gasteiger partial charge in [0, 0.05) is 11.8 Å². The molecule has 0 spiro atoms. The van der Waals surface area contributed by atoms with Crippen LogP contribution in [0.25, 0.3) is 0 Å². The number of ether oxygens (including phenoxy) is 2. The van der Waals surface area contributed by atoms with Crippen LogP contribution in [0.5, 0.6) is 17.2 Å². The van der Waals surface area contributed by atoms with E-state index in [1.165, 1.54) is 0 Å². The number of carbonyl (C=O) groups is 1. The molecule has 6 nitrogen and oxygen atoms in total. The maximum atomic E-state index is 12.3. The zero-order valence-electron chi connectivity index (χ0n) is 17.0. The van der Waals surface area contributed by atoms with Crippen LogP contribution in [0.2, 0.25) is 0 Å². The number of benzene rings is 2. The lowest BCUT2D eigenvalue weighted by atomic mass is 10.1. The van der Waals surface area contributed by atoms with E-state index in [9.17, 15) is 9.90 Å². The molecule has 6 heteroatoms. The number of urea groups is 1. The molecule has 3 N–H and O–H groups in total. The van der Waals surface area contributed by atoms with Gasteiger partial charge in [0.15, 0.2) is 11.5 Å². The van der Waals surface area contributed by atoms with Crippen LogP contribution in [-0.2, 0) is 0 Å². The molecule has 2 amide bonds. The highest BCUT2D eigenvalue weighted by Gasteiger charge is 2.12. The molecule has 0 radical (unpaired) electrons. The Morgan fingerprint density at radius 1 is 1.11 bits per heavy atom. The van der Waals surface area contributed by atoms with Gasteiger partial charge >= 0.3 is 6.03 Å². The van der Waals surface area contributed by atoms with Crippen LogP contribution in [-0.4, -0.2) is 24.9 Å². The number of methoxy groups -OCH3 is 1. The minimum Gasteiger partial charge on any atom is -0.508 e. The third-order valence-electron chi connectivity index (χ3n) is 4.32. The van der Waals surface area contributed by atoms with Crippen LogP contribution in [0.1, 0.15) is 45.2 Å². The van der Waals surface area contributed by atoms with E-state index in [0.29, 0.717) is 29.7 Å². The van der Waals surface area contributed by atoms with Crippen molar-refractivity contribution in [1.82, 2.24) is 5.32 Å². The lowest BCUT2D eigenvalue weighted by Crippen LogP contribution is -2.31. The quantitative estimate of drug-likeness (QED) is 0.524. The maximum Gasteiger partial charge on any atom is 0.319 e. The molecular formula is C22H30N2O4. The number of nitrogens with one attached hydrogen (secondary N) is 2. The number of hydrogen-bond donors (Lipinski definition) is 3. The number of phenolic OH excluding ortho intramolecular Hbond substituents is 1. The second-order valence-corrected chi connectivity index (χ2v) is 7.17. The summed E-state index contributed by atoms with van der Waals surface area (Å²) in [6.07, 6.45) is 2.05. The van der Waals surface area contributed by atoms with E-state index < -0.39 is 0 Å². The number of amides is 2. The van der Waals surface area contributed by atoms with Gasteiger partial charge in [0.2, 0.25) is 0 Å². The van der Waals surface area contributed by atoms with Gasteiger partial charge in [-0.2, -0.15) is 0 Å². The number of phenols is 1. The Balaban J connectivity index is 1.96. The van der Waals surface area contributed by atoms with E-state index in [2.05, 4.69) is 24.5 Å². The van der Waals surface area contributed by atoms with E-state index in [4.69, 9.17) is 9.47 Å². The number of anilines is 1. The van der Waals surface area contributed by atoms with Crippen molar-refractivity contribution in [3.05, 3.63) is 48.0 Å². The smallest absolute Gasteiger partial charge is 0.319 e. The Morgan fingerprint density at radius 2 is 1.89 bits per heavy atom. The molecule has 0 heterocycles. The van der Waals surface area contributed by atoms with Gasteiger partial charge in [-0.25, -0.2) is 4.79 Å². The molecule has 1 atom stereocenters. The zero-order chi connectivity index (χ0) is 20.5. The Kier molecular flexibility index (Phi) is 7.99. The van der Waals surface area contributed by atoms with Gasteiger partial charge in [0.25, 0.3) is 0 Å². The van der Waals surface area contributed by atoms with E-state index >= 15 is 0 Å². The van der Waals surface area contributed by atoms with E-state index in [1.807, 2.05) is 13.0 Å². The monoisotopic (exact) mass is 386 g/mol. The van der Waals surface area contributed by atoms with E-state index in [1.54, 1.807) is 43.5 Å². The molecule has 152 valence electrons. The summed E-state index contributed by atoms with van der Waals surface area (Å²) in [4.78, 5) is 12.3. The SMILES string of the molecule is COc1ccc(NC(=O)N[C@@H](C)c2cccc(O)c2)cc1OCCCC(C)C. The van der Waals surface area contributed by atoms with Crippen molar-refractivity contribution in [1.29, 1.82) is 0 Å². The molecular weight excluding hydrogens is 356 g/mol. The standard InChI is InChI=1S/C22H30N2O4/c1-15(2)7-6-12-28-21-14-18(10-11-20(21)27-4)24-22(26)23-16(3)17-8-5-9-19(25)13-17/h5,8-11,13-16,25H,6-7,12H2,1-4H3,(H2,23,24,26)/t16-/m0/s1. The minimum absolute atomic E-state index is 0.168. The summed E-state index contributed by atoms with van der Waals surface area (Å²) in [6.45, 7) is 6.81. The highest BCUT2D eigenvalue weighted by molar-refractivity contribution is 5.89. The third-order valence-corrected chi connectivity index (χ3v) is 4.32. The predicted octanol–water partition coefficient (Wildman–Crippen LogP) is 5.10. The van der Waals surface area contributed by atoms with Gasteiger partial charge in [0.1, 0.15) is 5.75 Å². The molecule has 28 heavy (non-hydrogen) atoms. The topological polar surface area (TPSA) is 79.8 Å². The molecule has 0 unspecified atom stereocenters. The zero-order valence-corrected chi connectivity index (χ0v) is 17.0. The first-order valence-electron chi connectivity index (χ1n) is 9.56. The van der Waals surface area contributed by atoms with Crippen LogP contribution in [0, 0.1) is 5.92 Å². The van der Waals surface area contributed by atoms with Crippen molar-refractivity contribution in [2.45, 2.75) is 39.7 Å². The van der Waals surface area contributed by atoms with Gasteiger partial charge in [-0.1, -0.05) is 26.0 Å². The molecule has 2 rings (SSSR count). The van der Waals surface area contributed by atoms with E-state index in [0.717, 1.165) is 18.4 Å². The minimum atomic E-state index is -0.341. The lowest BCUT2D eigenvalue weighted by Gasteiger charge is -2.16. The number of aromatic hydroxyl groups is 1. The van der Waals surface area contributed by atoms with Crippen molar-refractivity contribution >= 4 is 11.7 Å². The van der Waals surface area contributed by atoms with Crippen molar-refractivity contribution in [2.75, 3.05) is 19.0 Å². The Morgan fingerprint density at radius 3 is 2.57 bits per heavy atom. The van der Waals surface area contributed by atoms with E-state index in [-0.39, 0.29) is 17.8 Å². The molecule has 0 bridgehead atoms. The Bertz CT molecular complexity index is 777. The van der Waals surface area contributed by atoms with Gasteiger partial charge < -0.3 is 25.2 Å². The molecule has 0 aliphatic heterocycles. The first kappa shape index (κ1) is 21.4. The summed E-state index contributed by atoms with van der Waals surface area (Å²) in [5, 5.41) is 15.2. The Labute approximate surface area is 166 Å². The van der Waals surface area contributed by atoms with Crippen LogP contribution < -0.4 is 20.1 Å². The molecule has 2 aromatic rings. The molecule has 0 saturated heterocycles. The summed E-state index contributed by atoms with van der Waals surface area (Å²) < 4.78 is 11.2. The van der Waals surface area contributed by atoms with Crippen LogP contribution >= 0.6 is 0 Å². The second-order valence-electron chi connectivity index (χ2n) is 7.17. The predicted molar refractivity (Wildman–Crippen MR) is 111 cm³/mol. The number of hydrogen-bond acceptors (Lipinski definition) is 4. The average molecular weight is 386 g/mol. The number of rotatable bonds is 9. The van der Waals surface area contributed by atoms with Crippen LogP contribution in [0.15, 0.2) is 42.5 Å². The largest absolute Gasteiger partial charge is 0.508 e. The summed E-state index contributed by atoms with van der Waals surface area (Å²) in [5.74, 6) is 2.03. The third kappa shape index (κ3) is 6.68. The number of carbonyl (C=O) groups excluding carboxylic acids is 1. The highest BCUT2D eigenvalue weighted by atomic mass is 16.5. The molecule has 0 saturated carbocycles. The van der Waals surface area contributed by atoms with Gasteiger partial charge in [0.05, 0.1) is 19.8 Å². The molecule has 0 aliphatic rings. The fourth-order valence-electron chi connectivity index (χ4n) is 2.78. The molecule has 0 aliphatic carbocycles. The lowest BCUT2D eigenvalue weighted by molar-refractivity contribution is 0.249. The van der Waals surface area contributed by atoms with Crippen molar-refractivity contribution in [2.24, 2.45) is 5.92 Å². The summed E-state index contributed by atoms with van der Waals surface area (Å²) in [5.41, 5.74) is 1.43. The van der Waals surface area contributed by atoms with Gasteiger partial charge in [-0.05, 0) is 55.5 Å². The normalized spacial score (nSPS) is 11.8. The average Bonchev–Trinajstić information content (AvgIpc) is 2.65. The second kappa shape index (κ2) is 10.4.